The summed E-state index contributed by atoms with van der Waals surface area (Å²) in [6.07, 6.45) is -7.13. The quantitative estimate of drug-likeness (QED) is 0.469. The molecule has 3 rings (SSSR count). The minimum absolute atomic E-state index is 0.0194. The van der Waals surface area contributed by atoms with Gasteiger partial charge in [-0.2, -0.15) is 26.3 Å². The first kappa shape index (κ1) is 24.4. The number of aromatic nitrogens is 3. The van der Waals surface area contributed by atoms with Gasteiger partial charge in [-0.25, -0.2) is 14.1 Å². The maximum absolute atomic E-state index is 14.2. The molecular weight excluding hydrogens is 465 g/mol. The molecule has 2 aromatic rings. The number of nitrogens with zero attached hydrogens (tertiary/aromatic N) is 4. The molecule has 0 radical (unpaired) electrons. The van der Waals surface area contributed by atoms with Crippen molar-refractivity contribution in [3.05, 3.63) is 41.7 Å². The Morgan fingerprint density at radius 2 is 1.67 bits per heavy atom. The van der Waals surface area contributed by atoms with Crippen LogP contribution < -0.4 is 0 Å². The normalized spacial score (nSPS) is 16.2. The largest absolute Gasteiger partial charge is 0.416 e. The Morgan fingerprint density at radius 1 is 1.09 bits per heavy atom. The number of halogens is 7. The van der Waals surface area contributed by atoms with Crippen molar-refractivity contribution in [1.29, 1.82) is 0 Å². The summed E-state index contributed by atoms with van der Waals surface area (Å²) in [6.45, 7) is -1.40. The highest BCUT2D eigenvalue weighted by atomic mass is 19.4. The second-order valence-electron chi connectivity index (χ2n) is 7.17. The molecule has 0 aliphatic carbocycles. The van der Waals surface area contributed by atoms with Crippen LogP contribution in [0, 0.1) is 0 Å². The van der Waals surface area contributed by atoms with Gasteiger partial charge in [-0.05, 0) is 18.2 Å². The third-order valence-electron chi connectivity index (χ3n) is 4.69. The van der Waals surface area contributed by atoms with E-state index in [-0.39, 0.29) is 6.07 Å². The molecule has 0 bridgehead atoms. The van der Waals surface area contributed by atoms with Crippen LogP contribution >= 0.6 is 0 Å². The lowest BCUT2D eigenvalue weighted by Gasteiger charge is -2.42. The van der Waals surface area contributed by atoms with E-state index in [1.165, 1.54) is 7.11 Å². The van der Waals surface area contributed by atoms with Crippen molar-refractivity contribution in [3.8, 4) is 11.4 Å². The van der Waals surface area contributed by atoms with Crippen LogP contribution in [0.3, 0.4) is 0 Å². The first-order valence-electron chi connectivity index (χ1n) is 9.12. The predicted octanol–water partition coefficient (Wildman–Crippen LogP) is 3.22. The number of methoxy groups -OCH3 is 1. The number of amides is 1. The number of hydrogen-bond acceptors (Lipinski definition) is 5. The smallest absolute Gasteiger partial charge is 0.377 e. The zero-order valence-electron chi connectivity index (χ0n) is 16.7. The predicted molar refractivity (Wildman–Crippen MR) is 98.1 cm³/mol. The van der Waals surface area contributed by atoms with E-state index in [9.17, 15) is 40.3 Å². The Balaban J connectivity index is 1.75. The summed E-state index contributed by atoms with van der Waals surface area (Å²) in [7, 11) is 1.22. The molecule has 1 fully saturated rings. The van der Waals surface area contributed by atoms with E-state index in [1.54, 1.807) is 0 Å². The van der Waals surface area contributed by atoms with Crippen molar-refractivity contribution >= 4 is 17.9 Å². The van der Waals surface area contributed by atoms with Crippen LogP contribution in [0.5, 0.6) is 0 Å². The van der Waals surface area contributed by atoms with Gasteiger partial charge in [0.2, 0.25) is 11.6 Å². The van der Waals surface area contributed by atoms with Crippen LogP contribution in [0.25, 0.3) is 17.6 Å². The minimum Gasteiger partial charge on any atom is -0.377 e. The van der Waals surface area contributed by atoms with Gasteiger partial charge in [0.15, 0.2) is 11.6 Å². The molecule has 178 valence electrons. The van der Waals surface area contributed by atoms with Gasteiger partial charge in [0.05, 0.1) is 24.2 Å². The van der Waals surface area contributed by atoms with Crippen molar-refractivity contribution in [2.24, 2.45) is 0 Å². The lowest BCUT2D eigenvalue weighted by Crippen LogP contribution is -2.65. The Bertz CT molecular complexity index is 1050. The minimum atomic E-state index is -5.03. The maximum atomic E-state index is 14.2. The first-order chi connectivity index (χ1) is 15.2. The molecule has 2 heterocycles. The Hall–Kier alpha value is -3.29. The average molecular weight is 480 g/mol. The number of carbonyl (C=O) groups excluding carboxylic acids is 2. The van der Waals surface area contributed by atoms with Crippen molar-refractivity contribution in [3.63, 3.8) is 0 Å². The lowest BCUT2D eigenvalue weighted by atomic mass is 9.91. The molecule has 1 saturated heterocycles. The molecular formula is C19H15F7N4O3. The molecule has 1 aliphatic rings. The van der Waals surface area contributed by atoms with Gasteiger partial charge < -0.3 is 9.64 Å². The summed E-state index contributed by atoms with van der Waals surface area (Å²) >= 11 is 0. The number of benzene rings is 1. The van der Waals surface area contributed by atoms with Crippen LogP contribution in [0.1, 0.15) is 11.1 Å². The van der Waals surface area contributed by atoms with E-state index < -0.39 is 71.9 Å². The summed E-state index contributed by atoms with van der Waals surface area (Å²) < 4.78 is 97.7. The molecule has 1 aliphatic heterocycles. The molecule has 0 unspecified atom stereocenters. The van der Waals surface area contributed by atoms with E-state index in [0.717, 1.165) is 28.2 Å². The van der Waals surface area contributed by atoms with Gasteiger partial charge in [-0.1, -0.05) is 0 Å². The SMILES string of the molecule is COCC(=O)C1(F)CN(C(=O)C=Cn2cnc(-c3cc(C(F)(F)F)cc(C(F)(F)F)c3)n2)C1. The number of ether oxygens (including phenoxy) is 1. The van der Waals surface area contributed by atoms with Crippen LogP contribution in [-0.4, -0.2) is 63.8 Å². The van der Waals surface area contributed by atoms with Gasteiger partial charge in [-0.3, -0.25) is 9.59 Å². The summed E-state index contributed by atoms with van der Waals surface area (Å²) in [5, 5.41) is 3.75. The molecule has 0 N–H and O–H groups in total. The third kappa shape index (κ3) is 5.38. The summed E-state index contributed by atoms with van der Waals surface area (Å²) in [5.74, 6) is -1.94. The van der Waals surface area contributed by atoms with E-state index in [2.05, 4.69) is 14.8 Å². The summed E-state index contributed by atoms with van der Waals surface area (Å²) in [6, 6.07) is 0.928. The number of Topliss-reactive ketones (excluding diaryl/α,β-unsaturated/α-hetero) is 1. The monoisotopic (exact) mass is 480 g/mol. The van der Waals surface area contributed by atoms with E-state index in [4.69, 9.17) is 0 Å². The fourth-order valence-corrected chi connectivity index (χ4v) is 2.96. The molecule has 0 spiro atoms. The van der Waals surface area contributed by atoms with Crippen molar-refractivity contribution in [2.75, 3.05) is 26.8 Å². The van der Waals surface area contributed by atoms with Crippen molar-refractivity contribution < 1.29 is 45.1 Å². The fourth-order valence-electron chi connectivity index (χ4n) is 2.96. The highest BCUT2D eigenvalue weighted by molar-refractivity contribution is 5.96. The Labute approximate surface area is 181 Å². The number of likely N-dealkylation sites (tertiary alicyclic amines) is 1. The van der Waals surface area contributed by atoms with Gasteiger partial charge in [0.25, 0.3) is 0 Å². The zero-order valence-corrected chi connectivity index (χ0v) is 16.7. The first-order valence-corrected chi connectivity index (χ1v) is 9.12. The maximum Gasteiger partial charge on any atom is 0.416 e. The molecule has 7 nitrogen and oxygen atoms in total. The van der Waals surface area contributed by atoms with Gasteiger partial charge >= 0.3 is 12.4 Å². The van der Waals surface area contributed by atoms with Gasteiger partial charge in [0, 0.05) is 24.9 Å². The highest BCUT2D eigenvalue weighted by Gasteiger charge is 2.50. The second-order valence-corrected chi connectivity index (χ2v) is 7.17. The highest BCUT2D eigenvalue weighted by Crippen LogP contribution is 2.38. The number of carbonyl (C=O) groups is 2. The fraction of sp³-hybridized carbons (Fsp3) is 0.368. The number of alkyl halides is 7. The molecule has 0 atom stereocenters. The van der Waals surface area contributed by atoms with E-state index in [0.29, 0.717) is 12.1 Å². The number of ketones is 1. The van der Waals surface area contributed by atoms with Gasteiger partial charge in [0.1, 0.15) is 12.9 Å². The van der Waals surface area contributed by atoms with Crippen LogP contribution in [0.2, 0.25) is 0 Å². The van der Waals surface area contributed by atoms with E-state index in [1.807, 2.05) is 0 Å². The van der Waals surface area contributed by atoms with E-state index >= 15 is 0 Å². The standard InChI is InChI=1S/C19H15F7N4O3/c1-33-7-14(31)17(20)8-29(9-17)15(32)2-3-30-10-27-16(28-30)11-4-12(18(21,22)23)6-13(5-11)19(24,25)26/h2-6,10H,7-9H2,1H3. The Kier molecular flexibility index (Phi) is 6.33. The van der Waals surface area contributed by atoms with Gasteiger partial charge in [-0.15, -0.1) is 5.10 Å². The summed E-state index contributed by atoms with van der Waals surface area (Å²) in [5.41, 5.74) is -5.79. The molecule has 0 saturated carbocycles. The molecule has 1 aromatic heterocycles. The lowest BCUT2D eigenvalue weighted by molar-refractivity contribution is -0.154. The number of hydrogen-bond donors (Lipinski definition) is 0. The molecule has 1 amide bonds. The zero-order chi connectivity index (χ0) is 24.6. The average Bonchev–Trinajstić information content (AvgIpc) is 3.17. The van der Waals surface area contributed by atoms with Crippen molar-refractivity contribution in [1.82, 2.24) is 19.7 Å². The van der Waals surface area contributed by atoms with Crippen LogP contribution in [0.15, 0.2) is 30.6 Å². The second kappa shape index (κ2) is 8.57. The van der Waals surface area contributed by atoms with Crippen LogP contribution in [0.4, 0.5) is 30.7 Å². The Morgan fingerprint density at radius 3 is 2.18 bits per heavy atom. The molecule has 1 aromatic carbocycles. The van der Waals surface area contributed by atoms with Crippen LogP contribution in [-0.2, 0) is 26.7 Å². The van der Waals surface area contributed by atoms with Crippen molar-refractivity contribution in [2.45, 2.75) is 18.0 Å². The number of rotatable bonds is 6. The summed E-state index contributed by atoms with van der Waals surface area (Å²) in [4.78, 5) is 28.4. The molecule has 33 heavy (non-hydrogen) atoms. The molecule has 14 heteroatoms. The third-order valence-corrected chi connectivity index (χ3v) is 4.69. The topological polar surface area (TPSA) is 77.3 Å².